The highest BCUT2D eigenvalue weighted by Gasteiger charge is 2.44. The molecule has 0 aliphatic carbocycles. The number of carbonyl (C=O) groups excluding carboxylic acids is 1. The van der Waals surface area contributed by atoms with Gasteiger partial charge in [0.1, 0.15) is 24.4 Å². The van der Waals surface area contributed by atoms with Crippen LogP contribution in [0.15, 0.2) is 134 Å². The molecule has 60 heavy (non-hydrogen) atoms. The lowest BCUT2D eigenvalue weighted by Crippen LogP contribution is -2.60. The molecule has 1 amide bonds. The summed E-state index contributed by atoms with van der Waals surface area (Å²) in [5.41, 5.74) is 0. The van der Waals surface area contributed by atoms with Gasteiger partial charge in [0.15, 0.2) is 6.29 Å². The first-order chi connectivity index (χ1) is 29.3. The summed E-state index contributed by atoms with van der Waals surface area (Å²) in [5, 5.41) is 53.5. The van der Waals surface area contributed by atoms with Gasteiger partial charge < -0.3 is 40.3 Å². The maximum atomic E-state index is 12.8. The van der Waals surface area contributed by atoms with E-state index in [1.807, 2.05) is 6.08 Å². The Bertz CT molecular complexity index is 1380. The topological polar surface area (TPSA) is 149 Å². The number of ether oxygens (including phenoxy) is 2. The van der Waals surface area contributed by atoms with Gasteiger partial charge in [-0.05, 0) is 89.9 Å². The Morgan fingerprint density at radius 1 is 0.583 bits per heavy atom. The van der Waals surface area contributed by atoms with Crippen molar-refractivity contribution < 1.29 is 39.8 Å². The van der Waals surface area contributed by atoms with Crippen molar-refractivity contribution in [2.45, 2.75) is 166 Å². The fraction of sp³-hybridized carbons (Fsp3) is 0.549. The molecule has 0 radical (unpaired) electrons. The van der Waals surface area contributed by atoms with E-state index in [9.17, 15) is 30.3 Å². The van der Waals surface area contributed by atoms with Crippen molar-refractivity contribution in [3.05, 3.63) is 134 Å². The van der Waals surface area contributed by atoms with E-state index < -0.39 is 49.5 Å². The van der Waals surface area contributed by atoms with Gasteiger partial charge in [0.05, 0.1) is 25.4 Å². The average molecular weight is 834 g/mol. The zero-order chi connectivity index (χ0) is 43.7. The second-order valence-electron chi connectivity index (χ2n) is 14.8. The molecule has 9 heteroatoms. The molecule has 7 unspecified atom stereocenters. The molecule has 1 fully saturated rings. The van der Waals surface area contributed by atoms with E-state index in [2.05, 4.69) is 141 Å². The molecule has 1 saturated heterocycles. The smallest absolute Gasteiger partial charge is 0.220 e. The van der Waals surface area contributed by atoms with Gasteiger partial charge in [-0.2, -0.15) is 0 Å². The van der Waals surface area contributed by atoms with Crippen LogP contribution in [-0.2, 0) is 14.3 Å². The number of aliphatic hydroxyl groups is 5. The van der Waals surface area contributed by atoms with Gasteiger partial charge >= 0.3 is 0 Å². The Morgan fingerprint density at radius 3 is 1.45 bits per heavy atom. The number of nitrogens with one attached hydrogen (secondary N) is 1. The second-order valence-corrected chi connectivity index (χ2v) is 14.8. The molecule has 1 rings (SSSR count). The second kappa shape index (κ2) is 39.5. The lowest BCUT2D eigenvalue weighted by molar-refractivity contribution is -0.302. The molecule has 0 aromatic carbocycles. The van der Waals surface area contributed by atoms with Crippen molar-refractivity contribution in [1.29, 1.82) is 0 Å². The molecule has 1 heterocycles. The highest BCUT2D eigenvalue weighted by atomic mass is 16.7. The molecule has 9 nitrogen and oxygen atoms in total. The lowest BCUT2D eigenvalue weighted by atomic mass is 9.99. The monoisotopic (exact) mass is 834 g/mol. The molecule has 0 bridgehead atoms. The van der Waals surface area contributed by atoms with Crippen LogP contribution >= 0.6 is 0 Å². The largest absolute Gasteiger partial charge is 0.394 e. The summed E-state index contributed by atoms with van der Waals surface area (Å²) in [5.74, 6) is -0.237. The first kappa shape index (κ1) is 54.3. The van der Waals surface area contributed by atoms with E-state index in [1.165, 1.54) is 0 Å². The number of carbonyl (C=O) groups is 1. The number of rotatable bonds is 34. The van der Waals surface area contributed by atoms with Gasteiger partial charge in [-0.15, -0.1) is 0 Å². The van der Waals surface area contributed by atoms with Gasteiger partial charge in [0, 0.05) is 6.42 Å². The maximum absolute atomic E-state index is 12.8. The predicted octanol–water partition coefficient (Wildman–Crippen LogP) is 9.44. The fourth-order valence-electron chi connectivity index (χ4n) is 5.87. The van der Waals surface area contributed by atoms with E-state index in [0.29, 0.717) is 6.42 Å². The Kier molecular flexibility index (Phi) is 35.7. The number of allylic oxidation sites excluding steroid dienone is 21. The molecule has 336 valence electrons. The minimum Gasteiger partial charge on any atom is -0.394 e. The molecule has 6 N–H and O–H groups in total. The van der Waals surface area contributed by atoms with Gasteiger partial charge in [-0.3, -0.25) is 4.79 Å². The van der Waals surface area contributed by atoms with Gasteiger partial charge in [-0.25, -0.2) is 0 Å². The molecular formula is C51H79NO8. The first-order valence-corrected chi connectivity index (χ1v) is 22.4. The van der Waals surface area contributed by atoms with Crippen molar-refractivity contribution in [3.8, 4) is 0 Å². The van der Waals surface area contributed by atoms with Crippen LogP contribution in [0.1, 0.15) is 123 Å². The minimum atomic E-state index is -1.58. The van der Waals surface area contributed by atoms with Crippen LogP contribution in [-0.4, -0.2) is 87.5 Å². The Labute approximate surface area is 362 Å². The molecule has 1 aliphatic heterocycles. The molecule has 0 saturated carbocycles. The summed E-state index contributed by atoms with van der Waals surface area (Å²) in [6, 6.07) is -0.834. The summed E-state index contributed by atoms with van der Waals surface area (Å²) in [6.45, 7) is 3.43. The first-order valence-electron chi connectivity index (χ1n) is 22.4. The van der Waals surface area contributed by atoms with E-state index >= 15 is 0 Å². The molecule has 1 aliphatic rings. The Morgan fingerprint density at radius 2 is 1.02 bits per heavy atom. The van der Waals surface area contributed by atoms with Crippen molar-refractivity contribution in [2.75, 3.05) is 13.2 Å². The zero-order valence-electron chi connectivity index (χ0n) is 36.6. The Hall–Kier alpha value is -3.67. The number of amides is 1. The normalized spacial score (nSPS) is 21.9. The van der Waals surface area contributed by atoms with Gasteiger partial charge in [0.25, 0.3) is 0 Å². The molecule has 7 atom stereocenters. The van der Waals surface area contributed by atoms with Crippen molar-refractivity contribution in [1.82, 2.24) is 5.32 Å². The average Bonchev–Trinajstić information content (AvgIpc) is 3.25. The SMILES string of the molecule is CC/C=C\C/C=C\C/C=C\C/C=C\C/C=C\C/C=C\C/C=C\C/C=C\C/C=C\C/C=C\CCCCC(=O)NC(COC1OC(CO)C(O)C(O)C1O)C(O)/C=C/CCCC. The summed E-state index contributed by atoms with van der Waals surface area (Å²) < 4.78 is 11.0. The Balaban J connectivity index is 2.19. The van der Waals surface area contributed by atoms with Crippen LogP contribution in [0.2, 0.25) is 0 Å². The number of hydrogen-bond acceptors (Lipinski definition) is 8. The molecular weight excluding hydrogens is 755 g/mol. The molecule has 0 spiro atoms. The number of hydrogen-bond donors (Lipinski definition) is 6. The third-order valence-electron chi connectivity index (χ3n) is 9.48. The standard InChI is InChI=1S/C51H79NO8/c1-3-5-7-9-10-11-12-13-14-15-16-17-18-19-20-21-22-23-24-25-26-27-28-29-30-31-32-33-34-35-36-37-39-41-47(55)52-44(45(54)40-38-8-6-4-2)43-59-51-50(58)49(57)48(56)46(42-53)60-51/h5,7,10-11,13-14,16-17,19-20,22-23,25-26,28-29,31-32,34-35,38,40,44-46,48-51,53-54,56-58H,3-4,6,8-9,12,15,18,21,24,27,30,33,36-37,39,41-43H2,1-2H3,(H,52,55)/b7-5-,11-10-,14-13-,17-16-,20-19-,23-22-,26-25-,29-28-,32-31-,35-34-,40-38+. The van der Waals surface area contributed by atoms with Crippen molar-refractivity contribution >= 4 is 5.91 Å². The quantitative estimate of drug-likeness (QED) is 0.0278. The molecule has 0 aromatic rings. The van der Waals surface area contributed by atoms with E-state index in [-0.39, 0.29) is 18.9 Å². The third kappa shape index (κ3) is 29.5. The maximum Gasteiger partial charge on any atom is 0.220 e. The number of aliphatic hydroxyl groups excluding tert-OH is 5. The van der Waals surface area contributed by atoms with E-state index in [0.717, 1.165) is 96.3 Å². The van der Waals surface area contributed by atoms with Crippen LogP contribution in [0.5, 0.6) is 0 Å². The van der Waals surface area contributed by atoms with Crippen molar-refractivity contribution in [2.24, 2.45) is 0 Å². The third-order valence-corrected chi connectivity index (χ3v) is 9.48. The minimum absolute atomic E-state index is 0.220. The molecule has 0 aromatic heterocycles. The van der Waals surface area contributed by atoms with Crippen LogP contribution in [0.4, 0.5) is 0 Å². The highest BCUT2D eigenvalue weighted by Crippen LogP contribution is 2.22. The van der Waals surface area contributed by atoms with Gasteiger partial charge in [-0.1, -0.05) is 160 Å². The van der Waals surface area contributed by atoms with E-state index in [1.54, 1.807) is 6.08 Å². The summed E-state index contributed by atoms with van der Waals surface area (Å²) in [7, 11) is 0. The summed E-state index contributed by atoms with van der Waals surface area (Å²) >= 11 is 0. The zero-order valence-corrected chi connectivity index (χ0v) is 36.6. The van der Waals surface area contributed by atoms with Crippen LogP contribution in [0, 0.1) is 0 Å². The summed E-state index contributed by atoms with van der Waals surface area (Å²) in [6.07, 6.45) is 54.4. The van der Waals surface area contributed by atoms with Gasteiger partial charge in [0.2, 0.25) is 5.91 Å². The fourth-order valence-corrected chi connectivity index (χ4v) is 5.87. The summed E-state index contributed by atoms with van der Waals surface area (Å²) in [4.78, 5) is 12.8. The van der Waals surface area contributed by atoms with Crippen LogP contribution in [0.3, 0.4) is 0 Å². The van der Waals surface area contributed by atoms with E-state index in [4.69, 9.17) is 9.47 Å². The highest BCUT2D eigenvalue weighted by molar-refractivity contribution is 5.76. The van der Waals surface area contributed by atoms with Crippen LogP contribution < -0.4 is 5.32 Å². The predicted molar refractivity (Wildman–Crippen MR) is 248 cm³/mol. The van der Waals surface area contributed by atoms with Crippen LogP contribution in [0.25, 0.3) is 0 Å². The number of unbranched alkanes of at least 4 members (excludes halogenated alkanes) is 4. The lowest BCUT2D eigenvalue weighted by Gasteiger charge is -2.40. The van der Waals surface area contributed by atoms with Crippen molar-refractivity contribution in [3.63, 3.8) is 0 Å².